The average molecular weight is 252 g/mol. The lowest BCUT2D eigenvalue weighted by Crippen LogP contribution is -2.12. The minimum atomic E-state index is -4.73. The normalized spacial score (nSPS) is 14.2. The monoisotopic (exact) mass is 252 g/mol. The van der Waals surface area contributed by atoms with E-state index in [0.29, 0.717) is 12.1 Å². The Morgan fingerprint density at radius 1 is 0.941 bits per heavy atom. The number of rotatable bonds is 2. The van der Waals surface area contributed by atoms with Gasteiger partial charge in [0, 0.05) is 5.56 Å². The van der Waals surface area contributed by atoms with Gasteiger partial charge in [-0.05, 0) is 24.0 Å². The van der Waals surface area contributed by atoms with Crippen LogP contribution in [0, 0.1) is 17.6 Å². The molecule has 96 valence electrons. The summed E-state index contributed by atoms with van der Waals surface area (Å²) in [7, 11) is 0. The Kier molecular flexibility index (Phi) is 3.79. The van der Waals surface area contributed by atoms with E-state index in [-0.39, 0.29) is 11.5 Å². The van der Waals surface area contributed by atoms with Crippen molar-refractivity contribution >= 4 is 0 Å². The maximum absolute atomic E-state index is 13.5. The van der Waals surface area contributed by atoms with Crippen LogP contribution in [0.5, 0.6) is 0 Å². The zero-order chi connectivity index (χ0) is 13.4. The van der Waals surface area contributed by atoms with Crippen molar-refractivity contribution < 1.29 is 22.0 Å². The highest BCUT2D eigenvalue weighted by Gasteiger charge is 2.33. The van der Waals surface area contributed by atoms with Crippen LogP contribution >= 0.6 is 0 Å². The molecule has 0 N–H and O–H groups in total. The van der Waals surface area contributed by atoms with Crippen molar-refractivity contribution in [1.29, 1.82) is 0 Å². The topological polar surface area (TPSA) is 0 Å². The molecule has 0 nitrogen and oxygen atoms in total. The molecule has 1 aromatic carbocycles. The van der Waals surface area contributed by atoms with Crippen LogP contribution < -0.4 is 0 Å². The van der Waals surface area contributed by atoms with Crippen molar-refractivity contribution in [3.63, 3.8) is 0 Å². The molecule has 0 fully saturated rings. The standard InChI is InChI=1S/C12H13F5/c1-6(2)7(3)11-9(13)4-8(5-10(11)14)12(15,16)17/h4-7H,1-3H3/t7-/m0/s1. The summed E-state index contributed by atoms with van der Waals surface area (Å²) in [6.45, 7) is 5.09. The van der Waals surface area contributed by atoms with E-state index in [0.717, 1.165) is 0 Å². The first-order chi connectivity index (χ1) is 7.64. The zero-order valence-corrected chi connectivity index (χ0v) is 9.70. The van der Waals surface area contributed by atoms with E-state index in [1.54, 1.807) is 20.8 Å². The number of hydrogen-bond acceptors (Lipinski definition) is 0. The van der Waals surface area contributed by atoms with Gasteiger partial charge in [-0.3, -0.25) is 0 Å². The van der Waals surface area contributed by atoms with Crippen LogP contribution in [0.4, 0.5) is 22.0 Å². The Morgan fingerprint density at radius 2 is 1.35 bits per heavy atom. The predicted molar refractivity (Wildman–Crippen MR) is 54.6 cm³/mol. The van der Waals surface area contributed by atoms with Gasteiger partial charge in [-0.2, -0.15) is 13.2 Å². The molecule has 0 aliphatic heterocycles. The van der Waals surface area contributed by atoms with Crippen LogP contribution in [0.25, 0.3) is 0 Å². The van der Waals surface area contributed by atoms with Gasteiger partial charge in [0.1, 0.15) is 11.6 Å². The molecule has 0 radical (unpaired) electrons. The molecular weight excluding hydrogens is 239 g/mol. The Hall–Kier alpha value is -1.13. The first-order valence-corrected chi connectivity index (χ1v) is 5.20. The van der Waals surface area contributed by atoms with Crippen LogP contribution in [-0.2, 0) is 6.18 Å². The van der Waals surface area contributed by atoms with Gasteiger partial charge in [-0.25, -0.2) is 8.78 Å². The lowest BCUT2D eigenvalue weighted by atomic mass is 9.89. The van der Waals surface area contributed by atoms with E-state index < -0.39 is 29.3 Å². The molecule has 0 spiro atoms. The summed E-state index contributed by atoms with van der Waals surface area (Å²) in [6, 6.07) is 0.689. The summed E-state index contributed by atoms with van der Waals surface area (Å²) in [4.78, 5) is 0. The highest BCUT2D eigenvalue weighted by molar-refractivity contribution is 5.30. The molecule has 0 amide bonds. The van der Waals surface area contributed by atoms with E-state index in [1.807, 2.05) is 0 Å². The number of benzene rings is 1. The lowest BCUT2D eigenvalue weighted by molar-refractivity contribution is -0.138. The van der Waals surface area contributed by atoms with Crippen molar-refractivity contribution in [1.82, 2.24) is 0 Å². The molecule has 0 bridgehead atoms. The molecule has 0 heterocycles. The summed E-state index contributed by atoms with van der Waals surface area (Å²) >= 11 is 0. The molecule has 0 saturated carbocycles. The van der Waals surface area contributed by atoms with Crippen molar-refractivity contribution in [3.8, 4) is 0 Å². The van der Waals surface area contributed by atoms with Crippen molar-refractivity contribution in [2.45, 2.75) is 32.9 Å². The Labute approximate surface area is 96.4 Å². The third-order valence-electron chi connectivity index (χ3n) is 2.86. The predicted octanol–water partition coefficient (Wildman–Crippen LogP) is 4.74. The maximum atomic E-state index is 13.5. The van der Waals surface area contributed by atoms with E-state index in [9.17, 15) is 22.0 Å². The van der Waals surface area contributed by atoms with E-state index in [4.69, 9.17) is 0 Å². The second-order valence-electron chi connectivity index (χ2n) is 4.38. The molecular formula is C12H13F5. The fourth-order valence-corrected chi connectivity index (χ4v) is 1.52. The summed E-state index contributed by atoms with van der Waals surface area (Å²) in [5, 5.41) is 0. The minimum Gasteiger partial charge on any atom is -0.207 e. The zero-order valence-electron chi connectivity index (χ0n) is 9.70. The Balaban J connectivity index is 3.29. The van der Waals surface area contributed by atoms with Gasteiger partial charge in [0.25, 0.3) is 0 Å². The van der Waals surface area contributed by atoms with Gasteiger partial charge >= 0.3 is 6.18 Å². The first kappa shape index (κ1) is 13.9. The van der Waals surface area contributed by atoms with Crippen LogP contribution in [0.1, 0.15) is 37.8 Å². The third kappa shape index (κ3) is 2.96. The quantitative estimate of drug-likeness (QED) is 0.667. The third-order valence-corrected chi connectivity index (χ3v) is 2.86. The number of halogens is 5. The number of hydrogen-bond donors (Lipinski definition) is 0. The fourth-order valence-electron chi connectivity index (χ4n) is 1.52. The summed E-state index contributed by atoms with van der Waals surface area (Å²) < 4.78 is 63.9. The van der Waals surface area contributed by atoms with Crippen molar-refractivity contribution in [2.75, 3.05) is 0 Å². The molecule has 1 rings (SSSR count). The van der Waals surface area contributed by atoms with Crippen LogP contribution in [-0.4, -0.2) is 0 Å². The lowest BCUT2D eigenvalue weighted by Gasteiger charge is -2.18. The van der Waals surface area contributed by atoms with Crippen molar-refractivity contribution in [2.24, 2.45) is 5.92 Å². The van der Waals surface area contributed by atoms with Gasteiger partial charge < -0.3 is 0 Å². The highest BCUT2D eigenvalue weighted by Crippen LogP contribution is 2.35. The Morgan fingerprint density at radius 3 is 1.65 bits per heavy atom. The summed E-state index contributed by atoms with van der Waals surface area (Å²) in [6.07, 6.45) is -4.73. The van der Waals surface area contributed by atoms with Crippen molar-refractivity contribution in [3.05, 3.63) is 34.9 Å². The van der Waals surface area contributed by atoms with Gasteiger partial charge in [0.15, 0.2) is 0 Å². The molecule has 5 heteroatoms. The molecule has 1 atom stereocenters. The maximum Gasteiger partial charge on any atom is 0.416 e. The molecule has 0 unspecified atom stereocenters. The van der Waals surface area contributed by atoms with E-state index in [1.165, 1.54) is 0 Å². The van der Waals surface area contributed by atoms with Crippen LogP contribution in [0.2, 0.25) is 0 Å². The van der Waals surface area contributed by atoms with Gasteiger partial charge in [-0.1, -0.05) is 20.8 Å². The van der Waals surface area contributed by atoms with Gasteiger partial charge in [0.2, 0.25) is 0 Å². The fraction of sp³-hybridized carbons (Fsp3) is 0.500. The number of alkyl halides is 3. The second-order valence-corrected chi connectivity index (χ2v) is 4.38. The highest BCUT2D eigenvalue weighted by atomic mass is 19.4. The Bertz CT molecular complexity index is 383. The van der Waals surface area contributed by atoms with Crippen LogP contribution in [0.15, 0.2) is 12.1 Å². The molecule has 0 saturated heterocycles. The molecule has 17 heavy (non-hydrogen) atoms. The molecule has 0 aliphatic carbocycles. The smallest absolute Gasteiger partial charge is 0.207 e. The summed E-state index contributed by atoms with van der Waals surface area (Å²) in [5.74, 6) is -2.81. The molecule has 0 aromatic heterocycles. The SMILES string of the molecule is CC(C)[C@H](C)c1c(F)cc(C(F)(F)F)cc1F. The molecule has 1 aromatic rings. The van der Waals surface area contributed by atoms with Gasteiger partial charge in [0.05, 0.1) is 5.56 Å². The van der Waals surface area contributed by atoms with E-state index in [2.05, 4.69) is 0 Å². The minimum absolute atomic E-state index is 0.0595. The van der Waals surface area contributed by atoms with E-state index >= 15 is 0 Å². The largest absolute Gasteiger partial charge is 0.416 e. The summed E-state index contributed by atoms with van der Waals surface area (Å²) in [5.41, 5.74) is -1.58. The average Bonchev–Trinajstić information content (AvgIpc) is 2.14. The second kappa shape index (κ2) is 4.63. The van der Waals surface area contributed by atoms with Gasteiger partial charge in [-0.15, -0.1) is 0 Å². The molecule has 0 aliphatic rings. The van der Waals surface area contributed by atoms with Crippen LogP contribution in [0.3, 0.4) is 0 Å². The first-order valence-electron chi connectivity index (χ1n) is 5.20.